The molecular weight excluding hydrogens is 324 g/mol. The van der Waals surface area contributed by atoms with Gasteiger partial charge in [-0.1, -0.05) is 35.9 Å². The number of halogens is 1. The number of amides is 1. The highest BCUT2D eigenvalue weighted by atomic mass is 35.5. The second-order valence-electron chi connectivity index (χ2n) is 5.06. The molecule has 2 aromatic carbocycles. The van der Waals surface area contributed by atoms with Crippen molar-refractivity contribution in [3.05, 3.63) is 64.2 Å². The second-order valence-corrected chi connectivity index (χ2v) is 5.46. The van der Waals surface area contributed by atoms with E-state index in [9.17, 15) is 10.1 Å². The summed E-state index contributed by atoms with van der Waals surface area (Å²) in [5, 5.41) is 12.4. The summed E-state index contributed by atoms with van der Waals surface area (Å²) < 4.78 is 5.37. The predicted molar refractivity (Wildman–Crippen MR) is 96.0 cm³/mol. The van der Waals surface area contributed by atoms with Crippen molar-refractivity contribution in [2.45, 2.75) is 13.8 Å². The Labute approximate surface area is 146 Å². The van der Waals surface area contributed by atoms with Crippen molar-refractivity contribution in [2.75, 3.05) is 11.9 Å². The molecule has 1 N–H and O–H groups in total. The Balaban J connectivity index is 2.21. The van der Waals surface area contributed by atoms with Gasteiger partial charge in [-0.2, -0.15) is 5.26 Å². The molecule has 0 saturated carbocycles. The molecule has 0 aliphatic carbocycles. The molecule has 2 aromatic rings. The third-order valence-electron chi connectivity index (χ3n) is 3.33. The van der Waals surface area contributed by atoms with Crippen LogP contribution in [0.1, 0.15) is 18.1 Å². The standard InChI is InChI=1S/C19H17ClN2O2/c1-3-24-16-9-7-14(8-10-16)11-15(12-21)19(23)22-18-13(2)5-4-6-17(18)20/h4-11H,3H2,1-2H3,(H,22,23)/b15-11+. The number of nitrogens with one attached hydrogen (secondary N) is 1. The van der Waals surface area contributed by atoms with Gasteiger partial charge in [-0.15, -0.1) is 0 Å². The minimum atomic E-state index is -0.498. The first kappa shape index (κ1) is 17.6. The summed E-state index contributed by atoms with van der Waals surface area (Å²) in [4.78, 5) is 12.3. The maximum Gasteiger partial charge on any atom is 0.266 e. The molecule has 0 aliphatic heterocycles. The van der Waals surface area contributed by atoms with Crippen LogP contribution in [-0.2, 0) is 4.79 Å². The minimum absolute atomic E-state index is 0.00141. The molecule has 0 unspecified atom stereocenters. The summed E-state index contributed by atoms with van der Waals surface area (Å²) in [6, 6.07) is 14.4. The highest BCUT2D eigenvalue weighted by molar-refractivity contribution is 6.34. The van der Waals surface area contributed by atoms with Gasteiger partial charge in [-0.3, -0.25) is 4.79 Å². The molecule has 2 rings (SSSR count). The topological polar surface area (TPSA) is 62.1 Å². The molecule has 0 saturated heterocycles. The minimum Gasteiger partial charge on any atom is -0.494 e. The van der Waals surface area contributed by atoms with Gasteiger partial charge < -0.3 is 10.1 Å². The first-order valence-electron chi connectivity index (χ1n) is 7.46. The maximum absolute atomic E-state index is 12.3. The van der Waals surface area contributed by atoms with Crippen molar-refractivity contribution in [1.82, 2.24) is 0 Å². The molecule has 5 heteroatoms. The van der Waals surface area contributed by atoms with E-state index >= 15 is 0 Å². The Bertz CT molecular complexity index is 785. The molecule has 1 amide bonds. The number of para-hydroxylation sites is 1. The molecule has 122 valence electrons. The summed E-state index contributed by atoms with van der Waals surface area (Å²) in [6.45, 7) is 4.32. The lowest BCUT2D eigenvalue weighted by molar-refractivity contribution is -0.112. The van der Waals surface area contributed by atoms with Gasteiger partial charge in [0.05, 0.1) is 17.3 Å². The fourth-order valence-electron chi connectivity index (χ4n) is 2.11. The number of rotatable bonds is 5. The van der Waals surface area contributed by atoms with Crippen molar-refractivity contribution >= 4 is 29.3 Å². The van der Waals surface area contributed by atoms with Crippen LogP contribution in [-0.4, -0.2) is 12.5 Å². The second kappa shape index (κ2) is 8.19. The van der Waals surface area contributed by atoms with Crippen LogP contribution in [0.15, 0.2) is 48.0 Å². The van der Waals surface area contributed by atoms with Crippen LogP contribution < -0.4 is 10.1 Å². The highest BCUT2D eigenvalue weighted by Gasteiger charge is 2.13. The highest BCUT2D eigenvalue weighted by Crippen LogP contribution is 2.26. The Morgan fingerprint density at radius 1 is 1.29 bits per heavy atom. The third kappa shape index (κ3) is 4.37. The van der Waals surface area contributed by atoms with E-state index in [0.29, 0.717) is 17.3 Å². The Morgan fingerprint density at radius 2 is 2.00 bits per heavy atom. The number of nitriles is 1. The molecule has 0 heterocycles. The zero-order valence-electron chi connectivity index (χ0n) is 13.5. The number of carbonyl (C=O) groups is 1. The lowest BCUT2D eigenvalue weighted by Crippen LogP contribution is -2.14. The normalized spacial score (nSPS) is 10.8. The quantitative estimate of drug-likeness (QED) is 0.639. The number of nitrogens with zero attached hydrogens (tertiary/aromatic N) is 1. The van der Waals surface area contributed by atoms with Crippen LogP contribution in [0.25, 0.3) is 6.08 Å². The first-order chi connectivity index (χ1) is 11.5. The predicted octanol–water partition coefficient (Wildman–Crippen LogP) is 4.59. The van der Waals surface area contributed by atoms with Crippen LogP contribution in [0, 0.1) is 18.3 Å². The fraction of sp³-hybridized carbons (Fsp3) is 0.158. The summed E-state index contributed by atoms with van der Waals surface area (Å²) >= 11 is 6.10. The van der Waals surface area contributed by atoms with Gasteiger partial charge in [0.25, 0.3) is 5.91 Å². The largest absolute Gasteiger partial charge is 0.494 e. The van der Waals surface area contributed by atoms with Crippen LogP contribution in [0.4, 0.5) is 5.69 Å². The van der Waals surface area contributed by atoms with Crippen molar-refractivity contribution in [2.24, 2.45) is 0 Å². The molecule has 0 aliphatic rings. The summed E-state index contributed by atoms with van der Waals surface area (Å²) in [6.07, 6.45) is 1.53. The van der Waals surface area contributed by atoms with Crippen molar-refractivity contribution in [3.8, 4) is 11.8 Å². The molecule has 4 nitrogen and oxygen atoms in total. The van der Waals surface area contributed by atoms with Gasteiger partial charge >= 0.3 is 0 Å². The van der Waals surface area contributed by atoms with Gasteiger partial charge in [-0.05, 0) is 49.2 Å². The van der Waals surface area contributed by atoms with Crippen LogP contribution >= 0.6 is 11.6 Å². The van der Waals surface area contributed by atoms with E-state index in [0.717, 1.165) is 16.9 Å². The Morgan fingerprint density at radius 3 is 2.58 bits per heavy atom. The SMILES string of the molecule is CCOc1ccc(/C=C(\C#N)C(=O)Nc2c(C)cccc2Cl)cc1. The molecule has 0 aromatic heterocycles. The number of aryl methyl sites for hydroxylation is 1. The van der Waals surface area contributed by atoms with Crippen LogP contribution in [0.2, 0.25) is 5.02 Å². The van der Waals surface area contributed by atoms with Crippen LogP contribution in [0.5, 0.6) is 5.75 Å². The van der Waals surface area contributed by atoms with Gasteiger partial charge in [-0.25, -0.2) is 0 Å². The summed E-state index contributed by atoms with van der Waals surface area (Å²) in [5.41, 5.74) is 2.07. The van der Waals surface area contributed by atoms with Crippen LogP contribution in [0.3, 0.4) is 0 Å². The Hall–Kier alpha value is -2.77. The molecule has 0 spiro atoms. The fourth-order valence-corrected chi connectivity index (χ4v) is 2.38. The van der Waals surface area contributed by atoms with Crippen molar-refractivity contribution < 1.29 is 9.53 Å². The van der Waals surface area contributed by atoms with Gasteiger partial charge in [0, 0.05) is 0 Å². The van der Waals surface area contributed by atoms with E-state index in [2.05, 4.69) is 5.32 Å². The zero-order chi connectivity index (χ0) is 17.5. The number of hydrogen-bond donors (Lipinski definition) is 1. The maximum atomic E-state index is 12.3. The lowest BCUT2D eigenvalue weighted by Gasteiger charge is -2.09. The van der Waals surface area contributed by atoms with Gasteiger partial charge in [0.2, 0.25) is 0 Å². The molecule has 0 radical (unpaired) electrons. The van der Waals surface area contributed by atoms with Gasteiger partial charge in [0.1, 0.15) is 17.4 Å². The number of carbonyl (C=O) groups excluding carboxylic acids is 1. The molecule has 0 fully saturated rings. The van der Waals surface area contributed by atoms with E-state index in [1.807, 2.05) is 26.0 Å². The average Bonchev–Trinajstić information content (AvgIpc) is 2.57. The first-order valence-corrected chi connectivity index (χ1v) is 7.84. The van der Waals surface area contributed by atoms with E-state index in [-0.39, 0.29) is 5.57 Å². The number of hydrogen-bond acceptors (Lipinski definition) is 3. The van der Waals surface area contributed by atoms with E-state index < -0.39 is 5.91 Å². The number of benzene rings is 2. The van der Waals surface area contributed by atoms with Crippen molar-refractivity contribution in [1.29, 1.82) is 5.26 Å². The third-order valence-corrected chi connectivity index (χ3v) is 3.64. The monoisotopic (exact) mass is 340 g/mol. The molecule has 0 atom stereocenters. The van der Waals surface area contributed by atoms with Gasteiger partial charge in [0.15, 0.2) is 0 Å². The van der Waals surface area contributed by atoms with E-state index in [1.165, 1.54) is 6.08 Å². The smallest absolute Gasteiger partial charge is 0.266 e. The number of ether oxygens (including phenoxy) is 1. The molecule has 24 heavy (non-hydrogen) atoms. The van der Waals surface area contributed by atoms with Crippen molar-refractivity contribution in [3.63, 3.8) is 0 Å². The molecule has 0 bridgehead atoms. The Kier molecular flexibility index (Phi) is 6.00. The average molecular weight is 341 g/mol. The zero-order valence-corrected chi connectivity index (χ0v) is 14.2. The van der Waals surface area contributed by atoms with E-state index in [4.69, 9.17) is 16.3 Å². The summed E-state index contributed by atoms with van der Waals surface area (Å²) in [5.74, 6) is 0.242. The van der Waals surface area contributed by atoms with E-state index in [1.54, 1.807) is 36.4 Å². The lowest BCUT2D eigenvalue weighted by atomic mass is 10.1. The molecular formula is C19H17ClN2O2. The number of anilines is 1. The summed E-state index contributed by atoms with van der Waals surface area (Å²) in [7, 11) is 0.